The van der Waals surface area contributed by atoms with Gasteiger partial charge in [-0.05, 0) is 29.5 Å². The minimum absolute atomic E-state index is 0.288. The Balaban J connectivity index is 1.44. The summed E-state index contributed by atoms with van der Waals surface area (Å²) in [5.41, 5.74) is 3.64. The fraction of sp³-hybridized carbons (Fsp3) is 0.581. The molecule has 0 aliphatic heterocycles. The predicted octanol–water partition coefficient (Wildman–Crippen LogP) is 9.06. The van der Waals surface area contributed by atoms with Crippen molar-refractivity contribution in [1.29, 1.82) is 0 Å². The summed E-state index contributed by atoms with van der Waals surface area (Å²) in [6.45, 7) is 2.29. The summed E-state index contributed by atoms with van der Waals surface area (Å²) in [7, 11) is 0. The summed E-state index contributed by atoms with van der Waals surface area (Å²) in [6.07, 6.45) is 21.9. The zero-order valence-electron chi connectivity index (χ0n) is 20.6. The number of unbranched alkanes of at least 4 members (excludes halogenated alkanes) is 13. The summed E-state index contributed by atoms with van der Waals surface area (Å²) in [6, 6.07) is 18.7. The van der Waals surface area contributed by atoms with E-state index in [4.69, 9.17) is 0 Å². The lowest BCUT2D eigenvalue weighted by atomic mass is 10.00. The first-order valence-corrected chi connectivity index (χ1v) is 13.4. The lowest BCUT2D eigenvalue weighted by molar-refractivity contribution is -0.117. The first-order valence-electron chi connectivity index (χ1n) is 13.4. The number of Topliss-reactive ketones (excluding diaryl/α,β-unsaturated/α-hetero) is 1. The third kappa shape index (κ3) is 12.8. The van der Waals surface area contributed by atoms with Gasteiger partial charge in [-0.25, -0.2) is 0 Å². The fourth-order valence-electron chi connectivity index (χ4n) is 4.46. The zero-order chi connectivity index (χ0) is 22.7. The maximum absolute atomic E-state index is 12.3. The van der Waals surface area contributed by atoms with Crippen molar-refractivity contribution in [3.8, 4) is 0 Å². The molecule has 0 aliphatic carbocycles. The maximum atomic E-state index is 12.3. The van der Waals surface area contributed by atoms with E-state index in [1.54, 1.807) is 0 Å². The Hall–Kier alpha value is -1.89. The zero-order valence-corrected chi connectivity index (χ0v) is 20.6. The smallest absolute Gasteiger partial charge is 0.141 e. The highest BCUT2D eigenvalue weighted by Gasteiger charge is 2.05. The van der Waals surface area contributed by atoms with Crippen LogP contribution in [0, 0.1) is 0 Å². The molecule has 176 valence electrons. The normalized spacial score (nSPS) is 11.0. The van der Waals surface area contributed by atoms with Crippen molar-refractivity contribution >= 4 is 5.78 Å². The number of hydrogen-bond acceptors (Lipinski definition) is 1. The molecule has 0 spiro atoms. The summed E-state index contributed by atoms with van der Waals surface area (Å²) in [5, 5.41) is 0. The van der Waals surface area contributed by atoms with Gasteiger partial charge in [-0.2, -0.15) is 0 Å². The van der Waals surface area contributed by atoms with Gasteiger partial charge in [0.25, 0.3) is 0 Å². The summed E-state index contributed by atoms with van der Waals surface area (Å²) in [5.74, 6) is 0.288. The van der Waals surface area contributed by atoms with Crippen LogP contribution < -0.4 is 0 Å². The van der Waals surface area contributed by atoms with Crippen LogP contribution in [0.2, 0.25) is 0 Å². The van der Waals surface area contributed by atoms with Gasteiger partial charge in [0, 0.05) is 12.8 Å². The third-order valence-corrected chi connectivity index (χ3v) is 6.49. The molecule has 0 saturated carbocycles. The monoisotopic (exact) mass is 434 g/mol. The molecule has 32 heavy (non-hydrogen) atoms. The highest BCUT2D eigenvalue weighted by molar-refractivity contribution is 5.83. The Morgan fingerprint density at radius 2 is 0.906 bits per heavy atom. The van der Waals surface area contributed by atoms with E-state index in [9.17, 15) is 4.79 Å². The molecule has 0 atom stereocenters. The van der Waals surface area contributed by atoms with Crippen LogP contribution in [0.5, 0.6) is 0 Å². The average Bonchev–Trinajstić information content (AvgIpc) is 2.81. The summed E-state index contributed by atoms with van der Waals surface area (Å²) < 4.78 is 0. The molecule has 0 amide bonds. The van der Waals surface area contributed by atoms with Crippen LogP contribution in [0.1, 0.15) is 114 Å². The third-order valence-electron chi connectivity index (χ3n) is 6.49. The molecule has 0 heterocycles. The number of ketones is 1. The minimum Gasteiger partial charge on any atom is -0.299 e. The maximum Gasteiger partial charge on any atom is 0.141 e. The molecule has 0 saturated heterocycles. The largest absolute Gasteiger partial charge is 0.299 e. The number of benzene rings is 2. The second-order valence-corrected chi connectivity index (χ2v) is 9.54. The van der Waals surface area contributed by atoms with E-state index in [0.29, 0.717) is 12.8 Å². The second kappa shape index (κ2) is 17.6. The first kappa shape index (κ1) is 26.4. The molecule has 0 bridgehead atoms. The minimum atomic E-state index is 0.288. The van der Waals surface area contributed by atoms with E-state index in [2.05, 4.69) is 31.2 Å². The molecule has 0 aliphatic rings. The molecule has 2 rings (SSSR count). The van der Waals surface area contributed by atoms with Crippen molar-refractivity contribution in [2.75, 3.05) is 0 Å². The van der Waals surface area contributed by atoms with Crippen LogP contribution in [0.4, 0.5) is 0 Å². The van der Waals surface area contributed by atoms with Crippen molar-refractivity contribution in [2.24, 2.45) is 0 Å². The highest BCUT2D eigenvalue weighted by Crippen LogP contribution is 2.15. The Bertz CT molecular complexity index is 701. The van der Waals surface area contributed by atoms with Crippen LogP contribution in [0.25, 0.3) is 0 Å². The van der Waals surface area contributed by atoms with Crippen molar-refractivity contribution in [1.82, 2.24) is 0 Å². The van der Waals surface area contributed by atoms with E-state index in [1.165, 1.54) is 95.5 Å². The Morgan fingerprint density at radius 1 is 0.500 bits per heavy atom. The predicted molar refractivity (Wildman–Crippen MR) is 139 cm³/mol. The van der Waals surface area contributed by atoms with Gasteiger partial charge in [-0.15, -0.1) is 0 Å². The standard InChI is InChI=1S/C31H46O/c1-2-3-4-5-6-7-8-9-10-11-12-13-14-16-19-28-22-24-30(25-23-28)27-31(32)26-29-20-17-15-18-21-29/h15,17-18,20-25H,2-14,16,19,26-27H2,1H3. The highest BCUT2D eigenvalue weighted by atomic mass is 16.1. The van der Waals surface area contributed by atoms with Gasteiger partial charge in [-0.3, -0.25) is 4.79 Å². The van der Waals surface area contributed by atoms with E-state index in [-0.39, 0.29) is 5.78 Å². The number of rotatable bonds is 19. The van der Waals surface area contributed by atoms with Gasteiger partial charge < -0.3 is 0 Å². The fourth-order valence-corrected chi connectivity index (χ4v) is 4.46. The Morgan fingerprint density at radius 3 is 1.41 bits per heavy atom. The molecular weight excluding hydrogens is 388 g/mol. The molecule has 2 aromatic rings. The topological polar surface area (TPSA) is 17.1 Å². The van der Waals surface area contributed by atoms with Crippen molar-refractivity contribution < 1.29 is 4.79 Å². The van der Waals surface area contributed by atoms with Crippen LogP contribution >= 0.6 is 0 Å². The number of aryl methyl sites for hydroxylation is 1. The Labute approximate surface area is 198 Å². The molecular formula is C31H46O. The lowest BCUT2D eigenvalue weighted by Gasteiger charge is -2.06. The molecule has 0 aromatic heterocycles. The molecule has 0 N–H and O–H groups in total. The van der Waals surface area contributed by atoms with E-state index in [1.807, 2.05) is 30.3 Å². The molecule has 0 unspecified atom stereocenters. The van der Waals surface area contributed by atoms with Crippen molar-refractivity contribution in [2.45, 2.75) is 116 Å². The van der Waals surface area contributed by atoms with Gasteiger partial charge in [0.2, 0.25) is 0 Å². The number of hydrogen-bond donors (Lipinski definition) is 0. The summed E-state index contributed by atoms with van der Waals surface area (Å²) in [4.78, 5) is 12.3. The van der Waals surface area contributed by atoms with Crippen LogP contribution in [0.3, 0.4) is 0 Å². The SMILES string of the molecule is CCCCCCCCCCCCCCCCc1ccc(CC(=O)Cc2ccccc2)cc1. The van der Waals surface area contributed by atoms with E-state index >= 15 is 0 Å². The van der Waals surface area contributed by atoms with Gasteiger partial charge in [0.15, 0.2) is 0 Å². The molecule has 2 aromatic carbocycles. The number of carbonyl (C=O) groups is 1. The molecule has 1 nitrogen and oxygen atoms in total. The average molecular weight is 435 g/mol. The van der Waals surface area contributed by atoms with E-state index < -0.39 is 0 Å². The second-order valence-electron chi connectivity index (χ2n) is 9.54. The van der Waals surface area contributed by atoms with Gasteiger partial charge in [0.05, 0.1) is 0 Å². The van der Waals surface area contributed by atoms with Gasteiger partial charge in [0.1, 0.15) is 5.78 Å². The quantitative estimate of drug-likeness (QED) is 0.201. The van der Waals surface area contributed by atoms with E-state index in [0.717, 1.165) is 17.5 Å². The molecule has 0 fully saturated rings. The first-order chi connectivity index (χ1) is 15.8. The molecule has 1 heteroatoms. The van der Waals surface area contributed by atoms with Gasteiger partial charge >= 0.3 is 0 Å². The van der Waals surface area contributed by atoms with Crippen LogP contribution in [0.15, 0.2) is 54.6 Å². The Kier molecular flexibility index (Phi) is 14.5. The van der Waals surface area contributed by atoms with Crippen molar-refractivity contribution in [3.05, 3.63) is 71.3 Å². The molecule has 0 radical (unpaired) electrons. The number of carbonyl (C=O) groups excluding carboxylic acids is 1. The van der Waals surface area contributed by atoms with Crippen LogP contribution in [-0.2, 0) is 24.1 Å². The van der Waals surface area contributed by atoms with Crippen LogP contribution in [-0.4, -0.2) is 5.78 Å². The summed E-state index contributed by atoms with van der Waals surface area (Å²) >= 11 is 0. The van der Waals surface area contributed by atoms with Crippen molar-refractivity contribution in [3.63, 3.8) is 0 Å². The van der Waals surface area contributed by atoms with Gasteiger partial charge in [-0.1, -0.05) is 145 Å². The lowest BCUT2D eigenvalue weighted by Crippen LogP contribution is -2.06.